The highest BCUT2D eigenvalue weighted by Crippen LogP contribution is 2.25. The van der Waals surface area contributed by atoms with E-state index in [1.54, 1.807) is 0 Å². The molecule has 0 fully saturated rings. The van der Waals surface area contributed by atoms with Gasteiger partial charge in [-0.2, -0.15) is 4.98 Å². The van der Waals surface area contributed by atoms with Crippen molar-refractivity contribution in [1.82, 2.24) is 10.1 Å². The fourth-order valence-corrected chi connectivity index (χ4v) is 2.75. The van der Waals surface area contributed by atoms with Crippen molar-refractivity contribution in [1.29, 1.82) is 0 Å². The van der Waals surface area contributed by atoms with E-state index < -0.39 is 15.8 Å². The number of anilines is 1. The molecule has 1 heterocycles. The quantitative estimate of drug-likeness (QED) is 0.835. The zero-order chi connectivity index (χ0) is 16.5. The lowest BCUT2D eigenvalue weighted by Crippen LogP contribution is -2.27. The van der Waals surface area contributed by atoms with Gasteiger partial charge in [0.2, 0.25) is 0 Å². The molecule has 0 saturated carbocycles. The Balaban J connectivity index is 2.38. The molecule has 1 aromatic heterocycles. The Labute approximate surface area is 127 Å². The second kappa shape index (κ2) is 5.91. The molecule has 2 rings (SSSR count). The Morgan fingerprint density at radius 2 is 2.05 bits per heavy atom. The standard InChI is InChI=1S/C13H16FN3O4S/c1-8(2)12-15-13(21-16-12)17(3)22(18,19)9-5-6-11(20-4)10(14)7-9/h5-8H,1-4H3. The molecule has 0 aliphatic rings. The van der Waals surface area contributed by atoms with E-state index in [0.717, 1.165) is 10.4 Å². The van der Waals surface area contributed by atoms with Crippen LogP contribution in [0.1, 0.15) is 25.6 Å². The van der Waals surface area contributed by atoms with Gasteiger partial charge in [0, 0.05) is 13.0 Å². The third-order valence-corrected chi connectivity index (χ3v) is 4.73. The van der Waals surface area contributed by atoms with Gasteiger partial charge in [-0.25, -0.2) is 17.1 Å². The van der Waals surface area contributed by atoms with Crippen LogP contribution in [0.15, 0.2) is 27.6 Å². The van der Waals surface area contributed by atoms with E-state index in [1.165, 1.54) is 26.3 Å². The molecular weight excluding hydrogens is 313 g/mol. The first-order chi connectivity index (χ1) is 10.3. The van der Waals surface area contributed by atoms with E-state index in [-0.39, 0.29) is 22.6 Å². The summed E-state index contributed by atoms with van der Waals surface area (Å²) in [5.41, 5.74) is 0. The van der Waals surface area contributed by atoms with Crippen LogP contribution in [0, 0.1) is 5.82 Å². The smallest absolute Gasteiger partial charge is 0.337 e. The van der Waals surface area contributed by atoms with Crippen LogP contribution in [-0.4, -0.2) is 32.7 Å². The summed E-state index contributed by atoms with van der Waals surface area (Å²) in [6.07, 6.45) is 0. The molecular formula is C13H16FN3O4S. The molecule has 0 aliphatic carbocycles. The highest BCUT2D eigenvalue weighted by molar-refractivity contribution is 7.92. The van der Waals surface area contributed by atoms with Crippen LogP contribution in [0.4, 0.5) is 10.4 Å². The molecule has 0 bridgehead atoms. The molecule has 0 N–H and O–H groups in total. The fourth-order valence-electron chi connectivity index (χ4n) is 1.66. The maximum Gasteiger partial charge on any atom is 0.337 e. The third-order valence-electron chi connectivity index (χ3n) is 3.00. The first-order valence-corrected chi connectivity index (χ1v) is 7.87. The number of ether oxygens (including phenoxy) is 1. The molecule has 9 heteroatoms. The van der Waals surface area contributed by atoms with E-state index in [1.807, 2.05) is 13.8 Å². The lowest BCUT2D eigenvalue weighted by molar-refractivity contribution is 0.385. The van der Waals surface area contributed by atoms with Gasteiger partial charge < -0.3 is 9.26 Å². The number of aromatic nitrogens is 2. The number of methoxy groups -OCH3 is 1. The van der Waals surface area contributed by atoms with Crippen molar-refractivity contribution in [2.45, 2.75) is 24.7 Å². The van der Waals surface area contributed by atoms with Gasteiger partial charge in [-0.15, -0.1) is 0 Å². The van der Waals surface area contributed by atoms with Gasteiger partial charge in [0.15, 0.2) is 17.4 Å². The van der Waals surface area contributed by atoms with Crippen molar-refractivity contribution in [2.24, 2.45) is 0 Å². The minimum atomic E-state index is -4.01. The van der Waals surface area contributed by atoms with Gasteiger partial charge in [-0.05, 0) is 18.2 Å². The topological polar surface area (TPSA) is 85.5 Å². The predicted octanol–water partition coefficient (Wildman–Crippen LogP) is 2.17. The molecule has 1 aromatic carbocycles. The van der Waals surface area contributed by atoms with E-state index in [2.05, 4.69) is 10.1 Å². The van der Waals surface area contributed by atoms with Crippen LogP contribution in [0.5, 0.6) is 5.75 Å². The van der Waals surface area contributed by atoms with Gasteiger partial charge in [0.25, 0.3) is 10.0 Å². The summed E-state index contributed by atoms with van der Waals surface area (Å²) in [6.45, 7) is 3.70. The average Bonchev–Trinajstić information content (AvgIpc) is 2.96. The van der Waals surface area contributed by atoms with Crippen molar-refractivity contribution < 1.29 is 22.1 Å². The second-order valence-corrected chi connectivity index (χ2v) is 6.83. The maximum atomic E-state index is 13.7. The SMILES string of the molecule is COc1ccc(S(=O)(=O)N(C)c2nc(C(C)C)no2)cc1F. The summed E-state index contributed by atoms with van der Waals surface area (Å²) >= 11 is 0. The Morgan fingerprint density at radius 3 is 2.55 bits per heavy atom. The first-order valence-electron chi connectivity index (χ1n) is 6.43. The summed E-state index contributed by atoms with van der Waals surface area (Å²) in [4.78, 5) is 3.77. The molecule has 0 amide bonds. The maximum absolute atomic E-state index is 13.7. The van der Waals surface area contributed by atoms with Crippen molar-refractivity contribution in [2.75, 3.05) is 18.5 Å². The number of hydrogen-bond donors (Lipinski definition) is 0. The summed E-state index contributed by atoms with van der Waals surface area (Å²) in [5, 5.41) is 3.70. The molecule has 7 nitrogen and oxygen atoms in total. The van der Waals surface area contributed by atoms with Crippen LogP contribution >= 0.6 is 0 Å². The fraction of sp³-hybridized carbons (Fsp3) is 0.385. The number of nitrogens with zero attached hydrogens (tertiary/aromatic N) is 3. The summed E-state index contributed by atoms with van der Waals surface area (Å²) in [5.74, 6) is -0.433. The highest BCUT2D eigenvalue weighted by atomic mass is 32.2. The molecule has 0 atom stereocenters. The minimum Gasteiger partial charge on any atom is -0.494 e. The van der Waals surface area contributed by atoms with Crippen LogP contribution < -0.4 is 9.04 Å². The first kappa shape index (κ1) is 16.2. The molecule has 2 aromatic rings. The lowest BCUT2D eigenvalue weighted by Gasteiger charge is -2.14. The third kappa shape index (κ3) is 2.89. The van der Waals surface area contributed by atoms with Crippen LogP contribution in [-0.2, 0) is 10.0 Å². The molecule has 0 spiro atoms. The highest BCUT2D eigenvalue weighted by Gasteiger charge is 2.27. The van der Waals surface area contributed by atoms with Crippen molar-refractivity contribution >= 4 is 16.0 Å². The number of halogens is 1. The van der Waals surface area contributed by atoms with Gasteiger partial charge in [0.05, 0.1) is 12.0 Å². The van der Waals surface area contributed by atoms with E-state index >= 15 is 0 Å². The molecule has 120 valence electrons. The van der Waals surface area contributed by atoms with Crippen molar-refractivity contribution in [3.05, 3.63) is 29.8 Å². The lowest BCUT2D eigenvalue weighted by atomic mass is 10.2. The van der Waals surface area contributed by atoms with Crippen molar-refractivity contribution in [3.63, 3.8) is 0 Å². The monoisotopic (exact) mass is 329 g/mol. The van der Waals surface area contributed by atoms with E-state index in [4.69, 9.17) is 9.26 Å². The van der Waals surface area contributed by atoms with Gasteiger partial charge in [-0.3, -0.25) is 0 Å². The molecule has 0 radical (unpaired) electrons. The summed E-state index contributed by atoms with van der Waals surface area (Å²) in [7, 11) is -1.46. The van der Waals surface area contributed by atoms with E-state index in [0.29, 0.717) is 5.82 Å². The minimum absolute atomic E-state index is 0.00738. The zero-order valence-corrected chi connectivity index (χ0v) is 13.4. The second-order valence-electron chi connectivity index (χ2n) is 4.86. The number of hydrogen-bond acceptors (Lipinski definition) is 6. The van der Waals surface area contributed by atoms with Crippen LogP contribution in [0.2, 0.25) is 0 Å². The molecule has 22 heavy (non-hydrogen) atoms. The van der Waals surface area contributed by atoms with Gasteiger partial charge in [0.1, 0.15) is 0 Å². The van der Waals surface area contributed by atoms with Gasteiger partial charge in [-0.1, -0.05) is 19.0 Å². The van der Waals surface area contributed by atoms with Gasteiger partial charge >= 0.3 is 6.01 Å². The Hall–Kier alpha value is -2.16. The molecule has 0 aliphatic heterocycles. The largest absolute Gasteiger partial charge is 0.494 e. The number of rotatable bonds is 5. The molecule has 0 unspecified atom stereocenters. The predicted molar refractivity (Wildman–Crippen MR) is 76.9 cm³/mol. The normalized spacial score (nSPS) is 11.7. The van der Waals surface area contributed by atoms with Crippen molar-refractivity contribution in [3.8, 4) is 5.75 Å². The van der Waals surface area contributed by atoms with Crippen LogP contribution in [0.3, 0.4) is 0 Å². The average molecular weight is 329 g/mol. The summed E-state index contributed by atoms with van der Waals surface area (Å²) < 4.78 is 49.1. The Morgan fingerprint density at radius 1 is 1.36 bits per heavy atom. The van der Waals surface area contributed by atoms with Crippen LogP contribution in [0.25, 0.3) is 0 Å². The molecule has 0 saturated heterocycles. The Kier molecular flexibility index (Phi) is 4.36. The summed E-state index contributed by atoms with van der Waals surface area (Å²) in [6, 6.07) is 3.18. The Bertz CT molecular complexity index is 773. The zero-order valence-electron chi connectivity index (χ0n) is 12.6. The number of sulfonamides is 1. The van der Waals surface area contributed by atoms with E-state index in [9.17, 15) is 12.8 Å². The number of benzene rings is 1.